The van der Waals surface area contributed by atoms with Crippen LogP contribution >= 0.6 is 0 Å². The summed E-state index contributed by atoms with van der Waals surface area (Å²) < 4.78 is 0. The molecule has 0 bridgehead atoms. The maximum atomic E-state index is 12.9. The summed E-state index contributed by atoms with van der Waals surface area (Å²) in [6.45, 7) is 6.40. The topological polar surface area (TPSA) is 153 Å². The summed E-state index contributed by atoms with van der Waals surface area (Å²) in [4.78, 5) is 37.1. The Balaban J connectivity index is 2.98. The molecule has 2 amide bonds. The molecule has 1 fully saturated rings. The van der Waals surface area contributed by atoms with E-state index in [9.17, 15) is 14.4 Å². The van der Waals surface area contributed by atoms with Crippen LogP contribution in [-0.2, 0) is 14.4 Å². The first kappa shape index (κ1) is 21.5. The van der Waals surface area contributed by atoms with Crippen LogP contribution in [0.3, 0.4) is 0 Å². The number of ketones is 1. The zero-order valence-corrected chi connectivity index (χ0v) is 15.5. The SMILES string of the molecule is CC(C)[C@]1(C(=O)N[C@H](C)C(N)=O)NCCC1C(=O)[C@@H](N)CCCCN. The van der Waals surface area contributed by atoms with Gasteiger partial charge in [-0.15, -0.1) is 0 Å². The van der Waals surface area contributed by atoms with Crippen molar-refractivity contribution in [3.8, 4) is 0 Å². The van der Waals surface area contributed by atoms with Crippen LogP contribution in [0.5, 0.6) is 0 Å². The highest BCUT2D eigenvalue weighted by molar-refractivity contribution is 5.99. The lowest BCUT2D eigenvalue weighted by molar-refractivity contribution is -0.139. The fourth-order valence-corrected chi connectivity index (χ4v) is 3.54. The Morgan fingerprint density at radius 3 is 2.40 bits per heavy atom. The highest BCUT2D eigenvalue weighted by Crippen LogP contribution is 2.35. The number of carbonyl (C=O) groups is 3. The molecule has 8 nitrogen and oxygen atoms in total. The highest BCUT2D eigenvalue weighted by Gasteiger charge is 2.54. The average molecular weight is 355 g/mol. The van der Waals surface area contributed by atoms with Gasteiger partial charge in [0.25, 0.3) is 0 Å². The predicted molar refractivity (Wildman–Crippen MR) is 96.4 cm³/mol. The Morgan fingerprint density at radius 1 is 1.24 bits per heavy atom. The van der Waals surface area contributed by atoms with E-state index in [0.29, 0.717) is 25.9 Å². The molecule has 0 radical (unpaired) electrons. The molecule has 0 aliphatic carbocycles. The van der Waals surface area contributed by atoms with Gasteiger partial charge in [-0.3, -0.25) is 14.4 Å². The van der Waals surface area contributed by atoms with Gasteiger partial charge in [-0.05, 0) is 45.2 Å². The van der Waals surface area contributed by atoms with E-state index in [1.807, 2.05) is 13.8 Å². The van der Waals surface area contributed by atoms with Crippen molar-refractivity contribution in [1.82, 2.24) is 10.6 Å². The molecule has 0 aromatic heterocycles. The van der Waals surface area contributed by atoms with Gasteiger partial charge in [0.05, 0.1) is 6.04 Å². The first-order chi connectivity index (χ1) is 11.7. The van der Waals surface area contributed by atoms with Crippen molar-refractivity contribution in [2.75, 3.05) is 13.1 Å². The Labute approximate surface area is 149 Å². The number of hydrogen-bond donors (Lipinski definition) is 5. The smallest absolute Gasteiger partial charge is 0.241 e. The molecule has 1 saturated heterocycles. The maximum absolute atomic E-state index is 12.9. The number of nitrogens with two attached hydrogens (primary N) is 3. The second-order valence-corrected chi connectivity index (χ2v) is 7.18. The van der Waals surface area contributed by atoms with Crippen molar-refractivity contribution in [2.45, 2.75) is 64.1 Å². The van der Waals surface area contributed by atoms with Gasteiger partial charge >= 0.3 is 0 Å². The van der Waals surface area contributed by atoms with Gasteiger partial charge in [-0.25, -0.2) is 0 Å². The number of primary amides is 1. The van der Waals surface area contributed by atoms with E-state index < -0.39 is 29.4 Å². The average Bonchev–Trinajstić information content (AvgIpc) is 3.00. The maximum Gasteiger partial charge on any atom is 0.241 e. The van der Waals surface area contributed by atoms with Crippen molar-refractivity contribution in [3.63, 3.8) is 0 Å². The molecule has 1 aliphatic heterocycles. The molecule has 1 rings (SSSR count). The van der Waals surface area contributed by atoms with Crippen LogP contribution in [0.4, 0.5) is 0 Å². The molecule has 144 valence electrons. The molecule has 25 heavy (non-hydrogen) atoms. The summed E-state index contributed by atoms with van der Waals surface area (Å²) in [5.41, 5.74) is 15.7. The molecule has 0 aromatic carbocycles. The summed E-state index contributed by atoms with van der Waals surface area (Å²) in [5.74, 6) is -1.79. The minimum atomic E-state index is -1.08. The largest absolute Gasteiger partial charge is 0.368 e. The van der Waals surface area contributed by atoms with Crippen LogP contribution in [0.15, 0.2) is 0 Å². The van der Waals surface area contributed by atoms with E-state index >= 15 is 0 Å². The van der Waals surface area contributed by atoms with Crippen LogP contribution < -0.4 is 27.8 Å². The van der Waals surface area contributed by atoms with E-state index in [0.717, 1.165) is 12.8 Å². The van der Waals surface area contributed by atoms with E-state index in [1.165, 1.54) is 6.92 Å². The fraction of sp³-hybridized carbons (Fsp3) is 0.824. The molecule has 1 heterocycles. The van der Waals surface area contributed by atoms with Gasteiger partial charge in [0.15, 0.2) is 5.78 Å². The van der Waals surface area contributed by atoms with Crippen LogP contribution in [0.2, 0.25) is 0 Å². The normalized spacial score (nSPS) is 25.6. The molecule has 0 aromatic rings. The lowest BCUT2D eigenvalue weighted by Gasteiger charge is -2.38. The molecular formula is C17H33N5O3. The molecule has 4 atom stereocenters. The zero-order chi connectivity index (χ0) is 19.2. The Bertz CT molecular complexity index is 497. The van der Waals surface area contributed by atoms with E-state index in [2.05, 4.69) is 10.6 Å². The summed E-state index contributed by atoms with van der Waals surface area (Å²) >= 11 is 0. The summed E-state index contributed by atoms with van der Waals surface area (Å²) in [7, 11) is 0. The summed E-state index contributed by atoms with van der Waals surface area (Å²) in [5, 5.41) is 5.84. The number of rotatable bonds is 10. The Hall–Kier alpha value is -1.51. The van der Waals surface area contributed by atoms with Crippen molar-refractivity contribution >= 4 is 17.6 Å². The van der Waals surface area contributed by atoms with Crippen molar-refractivity contribution in [3.05, 3.63) is 0 Å². The van der Waals surface area contributed by atoms with Crippen LogP contribution in [0.25, 0.3) is 0 Å². The van der Waals surface area contributed by atoms with Gasteiger partial charge in [0.2, 0.25) is 11.8 Å². The summed E-state index contributed by atoms with van der Waals surface area (Å²) in [6, 6.07) is -1.42. The Kier molecular flexibility index (Phi) is 7.98. The molecule has 1 unspecified atom stereocenters. The highest BCUT2D eigenvalue weighted by atomic mass is 16.2. The fourth-order valence-electron chi connectivity index (χ4n) is 3.54. The third-order valence-electron chi connectivity index (χ3n) is 5.14. The standard InChI is InChI=1S/C17H33N5O3/c1-10(2)17(16(25)22-11(3)15(20)24)12(7-9-21-17)14(23)13(19)6-4-5-8-18/h10-13,21H,4-9,18-19H2,1-3H3,(H2,20,24)(H,22,25)/t11-,12?,13+,17+/m1/s1. The third-order valence-corrected chi connectivity index (χ3v) is 5.14. The molecule has 8 N–H and O–H groups in total. The zero-order valence-electron chi connectivity index (χ0n) is 15.5. The van der Waals surface area contributed by atoms with Gasteiger partial charge in [0.1, 0.15) is 11.6 Å². The Morgan fingerprint density at radius 2 is 1.88 bits per heavy atom. The van der Waals surface area contributed by atoms with Crippen LogP contribution in [-0.4, -0.2) is 48.3 Å². The lowest BCUT2D eigenvalue weighted by Crippen LogP contribution is -2.65. The monoisotopic (exact) mass is 355 g/mol. The quantitative estimate of drug-likeness (QED) is 0.317. The van der Waals surface area contributed by atoms with Gasteiger partial charge in [-0.2, -0.15) is 0 Å². The number of hydrogen-bond acceptors (Lipinski definition) is 6. The van der Waals surface area contributed by atoms with Crippen LogP contribution in [0.1, 0.15) is 46.5 Å². The van der Waals surface area contributed by atoms with Crippen molar-refractivity contribution < 1.29 is 14.4 Å². The molecule has 0 spiro atoms. The second-order valence-electron chi connectivity index (χ2n) is 7.18. The first-order valence-corrected chi connectivity index (χ1v) is 9.03. The van der Waals surface area contributed by atoms with Crippen molar-refractivity contribution in [1.29, 1.82) is 0 Å². The second kappa shape index (κ2) is 9.26. The molecule has 1 aliphatic rings. The van der Waals surface area contributed by atoms with Gasteiger partial charge < -0.3 is 27.8 Å². The number of Topliss-reactive ketones (excluding diaryl/α,β-unsaturated/α-hetero) is 1. The van der Waals surface area contributed by atoms with Crippen LogP contribution in [0, 0.1) is 11.8 Å². The number of amides is 2. The van der Waals surface area contributed by atoms with E-state index in [-0.39, 0.29) is 17.6 Å². The third kappa shape index (κ3) is 4.77. The molecular weight excluding hydrogens is 322 g/mol. The number of carbonyl (C=O) groups excluding carboxylic acids is 3. The van der Waals surface area contributed by atoms with Gasteiger partial charge in [0, 0.05) is 5.92 Å². The number of unbranched alkanes of at least 4 members (excludes halogenated alkanes) is 1. The van der Waals surface area contributed by atoms with Crippen molar-refractivity contribution in [2.24, 2.45) is 29.0 Å². The first-order valence-electron chi connectivity index (χ1n) is 9.03. The molecule has 8 heteroatoms. The predicted octanol–water partition coefficient (Wildman–Crippen LogP) is -0.994. The van der Waals surface area contributed by atoms with E-state index in [4.69, 9.17) is 17.2 Å². The summed E-state index contributed by atoms with van der Waals surface area (Å²) in [6.07, 6.45) is 2.69. The molecule has 0 saturated carbocycles. The lowest BCUT2D eigenvalue weighted by atomic mass is 9.72. The number of nitrogens with one attached hydrogen (secondary N) is 2. The van der Waals surface area contributed by atoms with E-state index in [1.54, 1.807) is 0 Å². The minimum absolute atomic E-state index is 0.113. The van der Waals surface area contributed by atoms with Gasteiger partial charge in [-0.1, -0.05) is 20.3 Å². The minimum Gasteiger partial charge on any atom is -0.368 e.